The summed E-state index contributed by atoms with van der Waals surface area (Å²) in [6.45, 7) is 0.390. The molecule has 0 aliphatic heterocycles. The molecule has 0 atom stereocenters. The number of hydrogen-bond acceptors (Lipinski definition) is 6. The number of aromatic nitrogens is 1. The van der Waals surface area contributed by atoms with Gasteiger partial charge in [0.1, 0.15) is 9.90 Å². The Hall–Kier alpha value is -1.32. The number of thiazole rings is 1. The second-order valence-corrected chi connectivity index (χ2v) is 8.12. The van der Waals surface area contributed by atoms with Gasteiger partial charge in [0.25, 0.3) is 0 Å². The van der Waals surface area contributed by atoms with Crippen LogP contribution in [0.5, 0.6) is 0 Å². The number of benzene rings is 1. The van der Waals surface area contributed by atoms with Crippen LogP contribution >= 0.6 is 22.7 Å². The number of nitrogens with two attached hydrogens (primary N) is 1. The van der Waals surface area contributed by atoms with Crippen LogP contribution in [0.15, 0.2) is 40.7 Å². The van der Waals surface area contributed by atoms with E-state index in [1.54, 1.807) is 6.20 Å². The van der Waals surface area contributed by atoms with Crippen LogP contribution in [0, 0.1) is 0 Å². The normalized spacial score (nSPS) is 12.0. The first-order valence-electron chi connectivity index (χ1n) is 6.20. The molecule has 0 saturated carbocycles. The van der Waals surface area contributed by atoms with Gasteiger partial charge < -0.3 is 5.73 Å². The predicted octanol–water partition coefficient (Wildman–Crippen LogP) is 2.29. The number of nitrogens with one attached hydrogen (secondary N) is 1. The van der Waals surface area contributed by atoms with Gasteiger partial charge in [-0.25, -0.2) is 18.1 Å². The van der Waals surface area contributed by atoms with Gasteiger partial charge in [0, 0.05) is 33.1 Å². The highest BCUT2D eigenvalue weighted by Crippen LogP contribution is 2.34. The van der Waals surface area contributed by atoms with E-state index < -0.39 is 10.0 Å². The van der Waals surface area contributed by atoms with E-state index in [-0.39, 0.29) is 13.1 Å². The Kier molecular flexibility index (Phi) is 4.05. The molecule has 0 fully saturated rings. The Morgan fingerprint density at radius 2 is 2.10 bits per heavy atom. The average molecular weight is 339 g/mol. The molecule has 0 unspecified atom stereocenters. The van der Waals surface area contributed by atoms with Crippen molar-refractivity contribution >= 4 is 42.8 Å². The zero-order chi connectivity index (χ0) is 14.9. The second kappa shape index (κ2) is 5.82. The SMILES string of the molecule is NCc1sc2ccccc2c1S(=O)(=O)NCc1nccs1. The number of hydrogen-bond donors (Lipinski definition) is 2. The van der Waals surface area contributed by atoms with Gasteiger partial charge in [-0.1, -0.05) is 18.2 Å². The first-order valence-corrected chi connectivity index (χ1v) is 9.38. The molecular weight excluding hydrogens is 326 g/mol. The van der Waals surface area contributed by atoms with Gasteiger partial charge in [-0.05, 0) is 6.07 Å². The van der Waals surface area contributed by atoms with Crippen molar-refractivity contribution in [2.75, 3.05) is 0 Å². The predicted molar refractivity (Wildman–Crippen MR) is 85.9 cm³/mol. The lowest BCUT2D eigenvalue weighted by molar-refractivity contribution is 0.581. The van der Waals surface area contributed by atoms with E-state index in [0.717, 1.165) is 15.1 Å². The molecule has 3 N–H and O–H groups in total. The Labute approximate surface area is 130 Å². The Balaban J connectivity index is 2.01. The average Bonchev–Trinajstić information content (AvgIpc) is 3.12. The highest BCUT2D eigenvalue weighted by Gasteiger charge is 2.23. The summed E-state index contributed by atoms with van der Waals surface area (Å²) in [5.74, 6) is 0. The molecule has 8 heteroatoms. The minimum absolute atomic E-state index is 0.189. The van der Waals surface area contributed by atoms with Crippen molar-refractivity contribution in [1.82, 2.24) is 9.71 Å². The fourth-order valence-electron chi connectivity index (χ4n) is 2.07. The van der Waals surface area contributed by atoms with Crippen LogP contribution < -0.4 is 10.5 Å². The highest BCUT2D eigenvalue weighted by molar-refractivity contribution is 7.90. The van der Waals surface area contributed by atoms with Crippen LogP contribution in [-0.2, 0) is 23.1 Å². The van der Waals surface area contributed by atoms with E-state index in [9.17, 15) is 8.42 Å². The van der Waals surface area contributed by atoms with E-state index in [1.807, 2.05) is 29.6 Å². The number of nitrogens with zero attached hydrogens (tertiary/aromatic N) is 1. The molecule has 0 aliphatic carbocycles. The summed E-state index contributed by atoms with van der Waals surface area (Å²) < 4.78 is 28.7. The van der Waals surface area contributed by atoms with Gasteiger partial charge in [0.05, 0.1) is 6.54 Å². The van der Waals surface area contributed by atoms with Crippen molar-refractivity contribution in [2.24, 2.45) is 5.73 Å². The number of rotatable bonds is 5. The minimum Gasteiger partial charge on any atom is -0.326 e. The van der Waals surface area contributed by atoms with Crippen LogP contribution in [0.25, 0.3) is 10.1 Å². The van der Waals surface area contributed by atoms with E-state index in [0.29, 0.717) is 9.77 Å². The van der Waals surface area contributed by atoms with Crippen LogP contribution in [0.4, 0.5) is 0 Å². The van der Waals surface area contributed by atoms with Crippen molar-refractivity contribution < 1.29 is 8.42 Å². The van der Waals surface area contributed by atoms with Crippen LogP contribution in [0.2, 0.25) is 0 Å². The van der Waals surface area contributed by atoms with Crippen LogP contribution in [0.1, 0.15) is 9.88 Å². The van der Waals surface area contributed by atoms with Crippen LogP contribution in [-0.4, -0.2) is 13.4 Å². The molecule has 3 rings (SSSR count). The number of fused-ring (bicyclic) bond motifs is 1. The minimum atomic E-state index is -3.62. The fourth-order valence-corrected chi connectivity index (χ4v) is 5.54. The second-order valence-electron chi connectivity index (χ2n) is 4.31. The van der Waals surface area contributed by atoms with E-state index in [4.69, 9.17) is 5.73 Å². The topological polar surface area (TPSA) is 85.1 Å². The highest BCUT2D eigenvalue weighted by atomic mass is 32.2. The Morgan fingerprint density at radius 3 is 2.81 bits per heavy atom. The molecule has 21 heavy (non-hydrogen) atoms. The third-order valence-electron chi connectivity index (χ3n) is 2.97. The lowest BCUT2D eigenvalue weighted by Gasteiger charge is -2.06. The third-order valence-corrected chi connectivity index (χ3v) is 6.60. The van der Waals surface area contributed by atoms with Gasteiger partial charge in [-0.15, -0.1) is 22.7 Å². The molecule has 0 spiro atoms. The van der Waals surface area contributed by atoms with E-state index in [2.05, 4.69) is 9.71 Å². The van der Waals surface area contributed by atoms with Gasteiger partial charge >= 0.3 is 0 Å². The van der Waals surface area contributed by atoms with Gasteiger partial charge in [0.15, 0.2) is 0 Å². The van der Waals surface area contributed by atoms with Gasteiger partial charge in [0.2, 0.25) is 10.0 Å². The molecule has 1 aromatic carbocycles. The fraction of sp³-hybridized carbons (Fsp3) is 0.154. The summed E-state index contributed by atoms with van der Waals surface area (Å²) in [6.07, 6.45) is 1.65. The van der Waals surface area contributed by atoms with Crippen LogP contribution in [0.3, 0.4) is 0 Å². The molecule has 0 amide bonds. The maximum absolute atomic E-state index is 12.6. The Bertz CT molecular complexity index is 854. The van der Waals surface area contributed by atoms with Gasteiger partial charge in [-0.2, -0.15) is 0 Å². The quantitative estimate of drug-likeness (QED) is 0.747. The molecule has 110 valence electrons. The maximum Gasteiger partial charge on any atom is 0.242 e. The largest absolute Gasteiger partial charge is 0.326 e. The zero-order valence-corrected chi connectivity index (χ0v) is 13.4. The van der Waals surface area contributed by atoms with E-state index in [1.165, 1.54) is 22.7 Å². The molecule has 2 heterocycles. The molecule has 0 aliphatic rings. The maximum atomic E-state index is 12.6. The molecule has 3 aromatic rings. The number of sulfonamides is 1. The summed E-state index contributed by atoms with van der Waals surface area (Å²) in [6, 6.07) is 7.43. The molecule has 0 bridgehead atoms. The standard InChI is InChI=1S/C13H13N3O2S3/c14-7-11-13(9-3-1-2-4-10(9)20-11)21(17,18)16-8-12-15-5-6-19-12/h1-6,16H,7-8,14H2. The zero-order valence-electron chi connectivity index (χ0n) is 10.9. The molecule has 0 saturated heterocycles. The summed E-state index contributed by atoms with van der Waals surface area (Å²) in [5.41, 5.74) is 5.71. The summed E-state index contributed by atoms with van der Waals surface area (Å²) in [5, 5.41) is 3.26. The summed E-state index contributed by atoms with van der Waals surface area (Å²) >= 11 is 2.83. The third kappa shape index (κ3) is 2.85. The number of thiophene rings is 1. The monoisotopic (exact) mass is 339 g/mol. The lowest BCUT2D eigenvalue weighted by Crippen LogP contribution is -2.24. The molecular formula is C13H13N3O2S3. The Morgan fingerprint density at radius 1 is 1.29 bits per heavy atom. The van der Waals surface area contributed by atoms with Crippen molar-refractivity contribution in [3.8, 4) is 0 Å². The van der Waals surface area contributed by atoms with E-state index >= 15 is 0 Å². The van der Waals surface area contributed by atoms with Crippen molar-refractivity contribution in [2.45, 2.75) is 18.0 Å². The molecule has 2 aromatic heterocycles. The van der Waals surface area contributed by atoms with Crippen molar-refractivity contribution in [1.29, 1.82) is 0 Å². The molecule has 0 radical (unpaired) electrons. The lowest BCUT2D eigenvalue weighted by atomic mass is 10.2. The summed E-state index contributed by atoms with van der Waals surface area (Å²) in [7, 11) is -3.62. The summed E-state index contributed by atoms with van der Waals surface area (Å²) in [4.78, 5) is 5.04. The van der Waals surface area contributed by atoms with Crippen molar-refractivity contribution in [3.63, 3.8) is 0 Å². The first kappa shape index (κ1) is 14.6. The molecule has 5 nitrogen and oxygen atoms in total. The smallest absolute Gasteiger partial charge is 0.242 e. The first-order chi connectivity index (χ1) is 10.1. The van der Waals surface area contributed by atoms with Gasteiger partial charge in [-0.3, -0.25) is 0 Å². The van der Waals surface area contributed by atoms with Crippen molar-refractivity contribution in [3.05, 3.63) is 45.7 Å².